The van der Waals surface area contributed by atoms with Crippen molar-refractivity contribution < 1.29 is 9.53 Å². The van der Waals surface area contributed by atoms with E-state index >= 15 is 0 Å². The molecule has 1 heterocycles. The van der Waals surface area contributed by atoms with E-state index in [0.29, 0.717) is 12.3 Å². The van der Waals surface area contributed by atoms with Gasteiger partial charge in [0.2, 0.25) is 0 Å². The Bertz CT molecular complexity index is 680. The molecule has 21 heavy (non-hydrogen) atoms. The summed E-state index contributed by atoms with van der Waals surface area (Å²) in [6, 6.07) is 15.5. The highest BCUT2D eigenvalue weighted by Gasteiger charge is 2.44. The lowest BCUT2D eigenvalue weighted by Gasteiger charge is -2.20. The second-order valence-corrected chi connectivity index (χ2v) is 5.46. The fraction of sp³-hybridized carbons (Fsp3) is 0.235. The largest absolute Gasteiger partial charge is 0.497 e. The number of amides is 1. The SMILES string of the molecule is COc1ccc2c(c1)[C@@](C)(N)C(=O)N2Cc1ccccc1. The van der Waals surface area contributed by atoms with Crippen LogP contribution in [0.15, 0.2) is 48.5 Å². The summed E-state index contributed by atoms with van der Waals surface area (Å²) < 4.78 is 5.24. The number of nitrogens with two attached hydrogens (primary N) is 1. The smallest absolute Gasteiger partial charge is 0.251 e. The zero-order chi connectivity index (χ0) is 15.0. The van der Waals surface area contributed by atoms with E-state index in [9.17, 15) is 4.79 Å². The van der Waals surface area contributed by atoms with E-state index in [1.165, 1.54) is 0 Å². The van der Waals surface area contributed by atoms with Crippen LogP contribution in [0, 0.1) is 0 Å². The second-order valence-electron chi connectivity index (χ2n) is 5.46. The van der Waals surface area contributed by atoms with Crippen LogP contribution in [0.2, 0.25) is 0 Å². The highest BCUT2D eigenvalue weighted by atomic mass is 16.5. The number of hydrogen-bond acceptors (Lipinski definition) is 3. The van der Waals surface area contributed by atoms with Gasteiger partial charge in [0.15, 0.2) is 0 Å². The van der Waals surface area contributed by atoms with Crippen LogP contribution in [0.1, 0.15) is 18.1 Å². The molecule has 0 saturated carbocycles. The number of anilines is 1. The number of nitrogens with zero attached hydrogens (tertiary/aromatic N) is 1. The van der Waals surface area contributed by atoms with Crippen molar-refractivity contribution in [1.29, 1.82) is 0 Å². The summed E-state index contributed by atoms with van der Waals surface area (Å²) in [4.78, 5) is 14.4. The first-order valence-corrected chi connectivity index (χ1v) is 6.87. The Hall–Kier alpha value is -2.33. The van der Waals surface area contributed by atoms with E-state index in [0.717, 1.165) is 16.8 Å². The number of ether oxygens (including phenoxy) is 1. The number of methoxy groups -OCH3 is 1. The molecule has 0 aromatic heterocycles. The standard InChI is InChI=1S/C17H18N2O2/c1-17(18)14-10-13(21-2)8-9-15(14)19(16(17)20)11-12-6-4-3-5-7-12/h3-10H,11,18H2,1-2H3/t17-/m1/s1. The molecule has 0 unspecified atom stereocenters. The summed E-state index contributed by atoms with van der Waals surface area (Å²) in [5.74, 6) is 0.620. The Kier molecular flexibility index (Phi) is 3.18. The van der Waals surface area contributed by atoms with Crippen molar-refractivity contribution in [3.63, 3.8) is 0 Å². The van der Waals surface area contributed by atoms with Crippen LogP contribution >= 0.6 is 0 Å². The summed E-state index contributed by atoms with van der Waals surface area (Å²) >= 11 is 0. The summed E-state index contributed by atoms with van der Waals surface area (Å²) in [6.07, 6.45) is 0. The van der Waals surface area contributed by atoms with E-state index in [2.05, 4.69) is 0 Å². The fourth-order valence-electron chi connectivity index (χ4n) is 2.72. The van der Waals surface area contributed by atoms with Crippen molar-refractivity contribution in [2.24, 2.45) is 5.73 Å². The zero-order valence-corrected chi connectivity index (χ0v) is 12.2. The van der Waals surface area contributed by atoms with E-state index in [4.69, 9.17) is 10.5 Å². The average molecular weight is 282 g/mol. The molecule has 2 aromatic carbocycles. The second kappa shape index (κ2) is 4.90. The lowest BCUT2D eigenvalue weighted by Crippen LogP contribution is -2.44. The van der Waals surface area contributed by atoms with Gasteiger partial charge in [0.05, 0.1) is 13.7 Å². The van der Waals surface area contributed by atoms with Gasteiger partial charge >= 0.3 is 0 Å². The van der Waals surface area contributed by atoms with Gasteiger partial charge in [-0.2, -0.15) is 0 Å². The molecule has 1 atom stereocenters. The van der Waals surface area contributed by atoms with Gasteiger partial charge < -0.3 is 15.4 Å². The quantitative estimate of drug-likeness (QED) is 0.940. The van der Waals surface area contributed by atoms with Gasteiger partial charge in [-0.05, 0) is 30.7 Å². The van der Waals surface area contributed by atoms with E-state index < -0.39 is 5.54 Å². The maximum atomic E-state index is 12.6. The topological polar surface area (TPSA) is 55.6 Å². The lowest BCUT2D eigenvalue weighted by molar-refractivity contribution is -0.122. The minimum Gasteiger partial charge on any atom is -0.497 e. The van der Waals surface area contributed by atoms with Gasteiger partial charge in [-0.15, -0.1) is 0 Å². The Morgan fingerprint density at radius 1 is 1.19 bits per heavy atom. The van der Waals surface area contributed by atoms with Gasteiger partial charge in [-0.25, -0.2) is 0 Å². The molecule has 0 fully saturated rings. The van der Waals surface area contributed by atoms with Gasteiger partial charge in [0.25, 0.3) is 5.91 Å². The van der Waals surface area contributed by atoms with Crippen molar-refractivity contribution in [3.8, 4) is 5.75 Å². The minimum atomic E-state index is -1.02. The van der Waals surface area contributed by atoms with Crippen LogP contribution < -0.4 is 15.4 Å². The molecule has 1 aliphatic heterocycles. The molecule has 2 aromatic rings. The molecule has 2 N–H and O–H groups in total. The number of benzene rings is 2. The number of rotatable bonds is 3. The molecule has 4 heteroatoms. The number of hydrogen-bond donors (Lipinski definition) is 1. The maximum Gasteiger partial charge on any atom is 0.251 e. The highest BCUT2D eigenvalue weighted by Crippen LogP contribution is 2.41. The predicted molar refractivity (Wildman–Crippen MR) is 82.2 cm³/mol. The van der Waals surface area contributed by atoms with Gasteiger partial charge in [0, 0.05) is 11.3 Å². The minimum absolute atomic E-state index is 0.0883. The molecule has 0 spiro atoms. The van der Waals surface area contributed by atoms with Crippen LogP contribution in [-0.4, -0.2) is 13.0 Å². The number of fused-ring (bicyclic) bond motifs is 1. The third-order valence-corrected chi connectivity index (χ3v) is 3.93. The first-order chi connectivity index (χ1) is 10.0. The lowest BCUT2D eigenvalue weighted by atomic mass is 9.95. The van der Waals surface area contributed by atoms with E-state index in [1.54, 1.807) is 18.9 Å². The normalized spacial score (nSPS) is 20.5. The molecule has 1 aliphatic rings. The van der Waals surface area contributed by atoms with Gasteiger partial charge in [-0.1, -0.05) is 30.3 Å². The summed E-state index contributed by atoms with van der Waals surface area (Å²) in [5, 5.41) is 0. The molecule has 4 nitrogen and oxygen atoms in total. The molecule has 0 saturated heterocycles. The molecule has 108 valence electrons. The molecular formula is C17H18N2O2. The molecule has 0 aliphatic carbocycles. The highest BCUT2D eigenvalue weighted by molar-refractivity contribution is 6.07. The van der Waals surface area contributed by atoms with E-state index in [1.807, 2.05) is 48.5 Å². The molecule has 0 radical (unpaired) electrons. The zero-order valence-electron chi connectivity index (χ0n) is 12.2. The van der Waals surface area contributed by atoms with Gasteiger partial charge in [-0.3, -0.25) is 4.79 Å². The van der Waals surface area contributed by atoms with Crippen molar-refractivity contribution in [3.05, 3.63) is 59.7 Å². The molecule has 0 bridgehead atoms. The first kappa shape index (κ1) is 13.6. The van der Waals surface area contributed by atoms with Crippen LogP contribution in [0.25, 0.3) is 0 Å². The van der Waals surface area contributed by atoms with Crippen LogP contribution in [0.3, 0.4) is 0 Å². The molecule has 3 rings (SSSR count). The summed E-state index contributed by atoms with van der Waals surface area (Å²) in [5.41, 5.74) is 7.98. The number of carbonyl (C=O) groups excluding carboxylic acids is 1. The fourth-order valence-corrected chi connectivity index (χ4v) is 2.72. The van der Waals surface area contributed by atoms with Crippen LogP contribution in [-0.2, 0) is 16.9 Å². The van der Waals surface area contributed by atoms with Crippen LogP contribution in [0.4, 0.5) is 5.69 Å². The third kappa shape index (κ3) is 2.17. The van der Waals surface area contributed by atoms with E-state index in [-0.39, 0.29) is 5.91 Å². The monoisotopic (exact) mass is 282 g/mol. The van der Waals surface area contributed by atoms with Gasteiger partial charge in [0.1, 0.15) is 11.3 Å². The average Bonchev–Trinajstić information content (AvgIpc) is 2.69. The molecular weight excluding hydrogens is 264 g/mol. The first-order valence-electron chi connectivity index (χ1n) is 6.87. The molecule has 1 amide bonds. The maximum absolute atomic E-state index is 12.6. The van der Waals surface area contributed by atoms with Crippen molar-refractivity contribution in [2.45, 2.75) is 19.0 Å². The summed E-state index contributed by atoms with van der Waals surface area (Å²) in [7, 11) is 1.61. The van der Waals surface area contributed by atoms with Crippen molar-refractivity contribution in [1.82, 2.24) is 0 Å². The Morgan fingerprint density at radius 3 is 2.57 bits per heavy atom. The Morgan fingerprint density at radius 2 is 1.90 bits per heavy atom. The van der Waals surface area contributed by atoms with Crippen LogP contribution in [0.5, 0.6) is 5.75 Å². The van der Waals surface area contributed by atoms with Crippen molar-refractivity contribution in [2.75, 3.05) is 12.0 Å². The number of carbonyl (C=O) groups is 1. The predicted octanol–water partition coefficient (Wildman–Crippen LogP) is 2.42. The Labute approximate surface area is 124 Å². The van der Waals surface area contributed by atoms with Crippen molar-refractivity contribution >= 4 is 11.6 Å². The Balaban J connectivity index is 2.03. The summed E-state index contributed by atoms with van der Waals surface area (Å²) in [6.45, 7) is 2.27. The third-order valence-electron chi connectivity index (χ3n) is 3.93.